The first-order chi connectivity index (χ1) is 13.1. The van der Waals surface area contributed by atoms with Gasteiger partial charge in [-0.1, -0.05) is 51.0 Å². The Kier molecular flexibility index (Phi) is 4.73. The Morgan fingerprint density at radius 1 is 1.00 bits per heavy atom. The lowest BCUT2D eigenvalue weighted by Gasteiger charge is -2.34. The molecular formula is C23H26N2O2. The Hall–Kier alpha value is -2.62. The SMILES string of the molecule is C[C@H]1[C@H](C)CCC[C@H]1NC(=O)Cn1c2ccccc2c(=O)c2ccccc21. The molecule has 2 aromatic carbocycles. The summed E-state index contributed by atoms with van der Waals surface area (Å²) < 4.78 is 1.97. The van der Waals surface area contributed by atoms with E-state index in [1.165, 1.54) is 12.8 Å². The van der Waals surface area contributed by atoms with Crippen molar-refractivity contribution in [2.24, 2.45) is 11.8 Å². The Labute approximate surface area is 159 Å². The van der Waals surface area contributed by atoms with Gasteiger partial charge in [0.25, 0.3) is 0 Å². The molecule has 1 heterocycles. The molecule has 1 aromatic heterocycles. The molecule has 0 saturated heterocycles. The highest BCUT2D eigenvalue weighted by molar-refractivity contribution is 5.94. The molecule has 3 aromatic rings. The van der Waals surface area contributed by atoms with Gasteiger partial charge in [-0.05, 0) is 42.5 Å². The van der Waals surface area contributed by atoms with Crippen LogP contribution < -0.4 is 10.7 Å². The molecule has 3 atom stereocenters. The molecule has 0 bridgehead atoms. The van der Waals surface area contributed by atoms with Crippen molar-refractivity contribution < 1.29 is 4.79 Å². The molecule has 0 spiro atoms. The summed E-state index contributed by atoms with van der Waals surface area (Å²) in [6.45, 7) is 4.73. The van der Waals surface area contributed by atoms with Crippen LogP contribution in [0.4, 0.5) is 0 Å². The lowest BCUT2D eigenvalue weighted by Crippen LogP contribution is -2.44. The molecule has 4 heteroatoms. The van der Waals surface area contributed by atoms with Crippen molar-refractivity contribution in [1.29, 1.82) is 0 Å². The number of benzene rings is 2. The van der Waals surface area contributed by atoms with E-state index in [0.29, 0.717) is 22.6 Å². The number of pyridine rings is 1. The summed E-state index contributed by atoms with van der Waals surface area (Å²) in [5, 5.41) is 4.57. The van der Waals surface area contributed by atoms with Gasteiger partial charge in [0.05, 0.1) is 11.0 Å². The van der Waals surface area contributed by atoms with Crippen LogP contribution in [-0.4, -0.2) is 16.5 Å². The number of fused-ring (bicyclic) bond motifs is 2. The van der Waals surface area contributed by atoms with Crippen molar-refractivity contribution in [2.45, 2.75) is 45.7 Å². The predicted octanol–water partition coefficient (Wildman–Crippen LogP) is 4.10. The number of carbonyl (C=O) groups excluding carboxylic acids is 1. The zero-order valence-corrected chi connectivity index (χ0v) is 15.9. The second kappa shape index (κ2) is 7.18. The van der Waals surface area contributed by atoms with Crippen molar-refractivity contribution in [3.63, 3.8) is 0 Å². The molecule has 0 unspecified atom stereocenters. The van der Waals surface area contributed by atoms with E-state index < -0.39 is 0 Å². The Balaban J connectivity index is 1.71. The lowest BCUT2D eigenvalue weighted by atomic mass is 9.78. The molecular weight excluding hydrogens is 336 g/mol. The van der Waals surface area contributed by atoms with E-state index in [9.17, 15) is 9.59 Å². The quantitative estimate of drug-likeness (QED) is 0.713. The van der Waals surface area contributed by atoms with Gasteiger partial charge in [-0.2, -0.15) is 0 Å². The van der Waals surface area contributed by atoms with Crippen molar-refractivity contribution in [1.82, 2.24) is 9.88 Å². The van der Waals surface area contributed by atoms with Gasteiger partial charge >= 0.3 is 0 Å². The molecule has 1 N–H and O–H groups in total. The molecule has 0 aliphatic heterocycles. The van der Waals surface area contributed by atoms with E-state index >= 15 is 0 Å². The number of rotatable bonds is 3. The molecule has 4 rings (SSSR count). The van der Waals surface area contributed by atoms with Crippen LogP contribution in [0.2, 0.25) is 0 Å². The molecule has 4 nitrogen and oxygen atoms in total. The number of nitrogens with zero attached hydrogens (tertiary/aromatic N) is 1. The lowest BCUT2D eigenvalue weighted by molar-refractivity contribution is -0.123. The van der Waals surface area contributed by atoms with E-state index in [4.69, 9.17) is 0 Å². The van der Waals surface area contributed by atoms with E-state index in [1.807, 2.05) is 53.1 Å². The molecule has 1 aliphatic rings. The van der Waals surface area contributed by atoms with E-state index in [2.05, 4.69) is 19.2 Å². The second-order valence-corrected chi connectivity index (χ2v) is 7.89. The largest absolute Gasteiger partial charge is 0.352 e. The third-order valence-corrected chi connectivity index (χ3v) is 6.23. The first kappa shape index (κ1) is 17.8. The predicted molar refractivity (Wildman–Crippen MR) is 110 cm³/mol. The highest BCUT2D eigenvalue weighted by Crippen LogP contribution is 2.29. The summed E-state index contributed by atoms with van der Waals surface area (Å²) in [4.78, 5) is 25.7. The van der Waals surface area contributed by atoms with Crippen LogP contribution in [0.1, 0.15) is 33.1 Å². The standard InChI is InChI=1S/C23H26N2O2/c1-15-8-7-11-19(16(15)2)24-22(26)14-25-20-12-5-3-9-17(20)23(27)18-10-4-6-13-21(18)25/h3-6,9-10,12-13,15-16,19H,7-8,11,14H2,1-2H3,(H,24,26)/t15-,16+,19-/m1/s1. The van der Waals surface area contributed by atoms with Gasteiger partial charge in [-0.25, -0.2) is 0 Å². The van der Waals surface area contributed by atoms with Gasteiger partial charge < -0.3 is 9.88 Å². The van der Waals surface area contributed by atoms with Gasteiger partial charge in [0, 0.05) is 16.8 Å². The van der Waals surface area contributed by atoms with Crippen LogP contribution >= 0.6 is 0 Å². The molecule has 1 aliphatic carbocycles. The summed E-state index contributed by atoms with van der Waals surface area (Å²) >= 11 is 0. The van der Waals surface area contributed by atoms with Crippen LogP contribution in [0.15, 0.2) is 53.3 Å². The average molecular weight is 362 g/mol. The van der Waals surface area contributed by atoms with Gasteiger partial charge in [0.1, 0.15) is 6.54 Å². The molecule has 1 amide bonds. The number of aromatic nitrogens is 1. The minimum Gasteiger partial charge on any atom is -0.352 e. The third kappa shape index (κ3) is 3.25. The molecule has 0 radical (unpaired) electrons. The number of amides is 1. The van der Waals surface area contributed by atoms with E-state index in [0.717, 1.165) is 17.5 Å². The summed E-state index contributed by atoms with van der Waals surface area (Å²) in [5.74, 6) is 1.14. The zero-order chi connectivity index (χ0) is 19.0. The number of nitrogens with one attached hydrogen (secondary N) is 1. The fourth-order valence-corrected chi connectivity index (χ4v) is 4.43. The maximum Gasteiger partial charge on any atom is 0.240 e. The molecule has 1 saturated carbocycles. The summed E-state index contributed by atoms with van der Waals surface area (Å²) in [6, 6.07) is 15.3. The second-order valence-electron chi connectivity index (χ2n) is 7.89. The van der Waals surface area contributed by atoms with Crippen LogP contribution in [-0.2, 0) is 11.3 Å². The van der Waals surface area contributed by atoms with Crippen molar-refractivity contribution >= 4 is 27.7 Å². The normalized spacial score (nSPS) is 22.8. The summed E-state index contributed by atoms with van der Waals surface area (Å²) in [5.41, 5.74) is 1.63. The number of hydrogen-bond acceptors (Lipinski definition) is 2. The van der Waals surface area contributed by atoms with Gasteiger partial charge in [-0.3, -0.25) is 9.59 Å². The van der Waals surface area contributed by atoms with Crippen molar-refractivity contribution in [3.8, 4) is 0 Å². The maximum absolute atomic E-state index is 12.9. The third-order valence-electron chi connectivity index (χ3n) is 6.23. The number of para-hydroxylation sites is 2. The molecule has 1 fully saturated rings. The van der Waals surface area contributed by atoms with Crippen LogP contribution in [0.5, 0.6) is 0 Å². The van der Waals surface area contributed by atoms with E-state index in [-0.39, 0.29) is 23.9 Å². The zero-order valence-electron chi connectivity index (χ0n) is 15.9. The highest BCUT2D eigenvalue weighted by Gasteiger charge is 2.28. The van der Waals surface area contributed by atoms with Gasteiger partial charge in [0.2, 0.25) is 5.91 Å². The van der Waals surface area contributed by atoms with Gasteiger partial charge in [0.15, 0.2) is 5.43 Å². The Bertz CT molecular complexity index is 993. The number of carbonyl (C=O) groups is 1. The van der Waals surface area contributed by atoms with Crippen LogP contribution in [0, 0.1) is 11.8 Å². The topological polar surface area (TPSA) is 51.1 Å². The first-order valence-electron chi connectivity index (χ1n) is 9.86. The fourth-order valence-electron chi connectivity index (χ4n) is 4.43. The first-order valence-corrected chi connectivity index (χ1v) is 9.86. The molecule has 140 valence electrons. The minimum absolute atomic E-state index is 0.0138. The van der Waals surface area contributed by atoms with Gasteiger partial charge in [-0.15, -0.1) is 0 Å². The summed E-state index contributed by atoms with van der Waals surface area (Å²) in [6.07, 6.45) is 3.45. The average Bonchev–Trinajstić information content (AvgIpc) is 2.69. The maximum atomic E-state index is 12.9. The van der Waals surface area contributed by atoms with Crippen molar-refractivity contribution in [2.75, 3.05) is 0 Å². The smallest absolute Gasteiger partial charge is 0.240 e. The fraction of sp³-hybridized carbons (Fsp3) is 0.391. The summed E-state index contributed by atoms with van der Waals surface area (Å²) in [7, 11) is 0. The van der Waals surface area contributed by atoms with E-state index in [1.54, 1.807) is 0 Å². The minimum atomic E-state index is 0.0138. The number of hydrogen-bond donors (Lipinski definition) is 1. The van der Waals surface area contributed by atoms with Crippen LogP contribution in [0.3, 0.4) is 0 Å². The highest BCUT2D eigenvalue weighted by atomic mass is 16.2. The molecule has 27 heavy (non-hydrogen) atoms. The Morgan fingerprint density at radius 2 is 1.59 bits per heavy atom. The Morgan fingerprint density at radius 3 is 2.22 bits per heavy atom. The monoisotopic (exact) mass is 362 g/mol. The van der Waals surface area contributed by atoms with Crippen molar-refractivity contribution in [3.05, 3.63) is 58.8 Å². The van der Waals surface area contributed by atoms with Crippen LogP contribution in [0.25, 0.3) is 21.8 Å².